The second-order valence-corrected chi connectivity index (χ2v) is 7.34. The van der Waals surface area contributed by atoms with Gasteiger partial charge in [0.15, 0.2) is 10.3 Å². The van der Waals surface area contributed by atoms with E-state index in [-0.39, 0.29) is 23.8 Å². The third-order valence-electron chi connectivity index (χ3n) is 3.43. The van der Waals surface area contributed by atoms with Gasteiger partial charge in [-0.3, -0.25) is 9.59 Å². The van der Waals surface area contributed by atoms with Crippen molar-refractivity contribution in [2.45, 2.75) is 19.0 Å². The quantitative estimate of drug-likeness (QED) is 0.369. The van der Waals surface area contributed by atoms with Crippen LogP contribution in [0.1, 0.15) is 22.3 Å². The van der Waals surface area contributed by atoms with Crippen molar-refractivity contribution in [3.8, 4) is 0 Å². The monoisotopic (exact) mass is 404 g/mol. The fraction of sp³-hybridized carbons (Fsp3) is 0.235. The molecule has 1 amide bonds. The fourth-order valence-corrected chi connectivity index (χ4v) is 3.80. The lowest BCUT2D eigenvalue weighted by molar-refractivity contribution is -0.113. The predicted octanol–water partition coefficient (Wildman–Crippen LogP) is 2.60. The number of ether oxygens (including phenoxy) is 1. The zero-order valence-corrected chi connectivity index (χ0v) is 16.2. The van der Waals surface area contributed by atoms with E-state index in [4.69, 9.17) is 4.74 Å². The molecule has 0 unspecified atom stereocenters. The Morgan fingerprint density at radius 2 is 2.07 bits per heavy atom. The Morgan fingerprint density at radius 1 is 1.30 bits per heavy atom. The minimum Gasteiger partial charge on any atom is -0.462 e. The van der Waals surface area contributed by atoms with Crippen molar-refractivity contribution in [2.75, 3.05) is 17.7 Å². The largest absolute Gasteiger partial charge is 0.462 e. The molecule has 2 heterocycles. The SMILES string of the molecule is CCOC(=O)c1sc(NC(=O)CSc2nc3ccccc3c(=O)[nH]2)nc1C. The maximum atomic E-state index is 12.1. The number of thioether (sulfide) groups is 1. The molecule has 10 heteroatoms. The van der Waals surface area contributed by atoms with E-state index in [2.05, 4.69) is 20.3 Å². The number of carbonyl (C=O) groups excluding carboxylic acids is 2. The molecule has 140 valence electrons. The number of nitrogens with one attached hydrogen (secondary N) is 2. The normalized spacial score (nSPS) is 10.7. The van der Waals surface area contributed by atoms with Gasteiger partial charge in [-0.25, -0.2) is 14.8 Å². The standard InChI is InChI=1S/C17H16N4O4S2/c1-3-25-15(24)13-9(2)18-17(27-13)20-12(22)8-26-16-19-11-7-5-4-6-10(11)14(23)21-16/h4-7H,3,8H2,1-2H3,(H,18,20,22)(H,19,21,23). The molecule has 0 aliphatic rings. The topological polar surface area (TPSA) is 114 Å². The summed E-state index contributed by atoms with van der Waals surface area (Å²) in [6.45, 7) is 3.67. The van der Waals surface area contributed by atoms with Gasteiger partial charge in [-0.1, -0.05) is 35.2 Å². The lowest BCUT2D eigenvalue weighted by atomic mass is 10.2. The molecular weight excluding hydrogens is 388 g/mol. The first kappa shape index (κ1) is 19.1. The highest BCUT2D eigenvalue weighted by atomic mass is 32.2. The third kappa shape index (κ3) is 4.52. The molecular formula is C17H16N4O4S2. The first-order chi connectivity index (χ1) is 13.0. The van der Waals surface area contributed by atoms with Crippen LogP contribution in [-0.4, -0.2) is 39.2 Å². The van der Waals surface area contributed by atoms with Crippen LogP contribution >= 0.6 is 23.1 Å². The van der Waals surface area contributed by atoms with Crippen LogP contribution in [0.5, 0.6) is 0 Å². The zero-order valence-electron chi connectivity index (χ0n) is 14.6. The van der Waals surface area contributed by atoms with Crippen molar-refractivity contribution >= 4 is 51.0 Å². The molecule has 0 bridgehead atoms. The lowest BCUT2D eigenvalue weighted by Gasteiger charge is -2.03. The maximum Gasteiger partial charge on any atom is 0.350 e. The number of esters is 1. The van der Waals surface area contributed by atoms with Crippen LogP contribution in [-0.2, 0) is 9.53 Å². The number of amides is 1. The van der Waals surface area contributed by atoms with E-state index in [1.54, 1.807) is 38.1 Å². The summed E-state index contributed by atoms with van der Waals surface area (Å²) in [6, 6.07) is 6.99. The molecule has 3 aromatic rings. The number of nitrogens with zero attached hydrogens (tertiary/aromatic N) is 2. The number of anilines is 1. The molecule has 0 radical (unpaired) electrons. The second kappa shape index (κ2) is 8.31. The first-order valence-electron chi connectivity index (χ1n) is 8.04. The van der Waals surface area contributed by atoms with Crippen molar-refractivity contribution in [3.63, 3.8) is 0 Å². The number of aryl methyl sites for hydroxylation is 1. The summed E-state index contributed by atoms with van der Waals surface area (Å²) in [4.78, 5) is 47.5. The third-order valence-corrected chi connectivity index (χ3v) is 5.36. The highest BCUT2D eigenvalue weighted by Crippen LogP contribution is 2.24. The van der Waals surface area contributed by atoms with Gasteiger partial charge in [0.25, 0.3) is 5.56 Å². The number of para-hydroxylation sites is 1. The van der Waals surface area contributed by atoms with Crippen molar-refractivity contribution in [1.29, 1.82) is 0 Å². The molecule has 0 atom stereocenters. The summed E-state index contributed by atoms with van der Waals surface area (Å²) in [5, 5.41) is 3.82. The van der Waals surface area contributed by atoms with E-state index in [0.717, 1.165) is 23.1 Å². The molecule has 2 N–H and O–H groups in total. The van der Waals surface area contributed by atoms with Crippen LogP contribution in [0.2, 0.25) is 0 Å². The first-order valence-corrected chi connectivity index (χ1v) is 9.84. The van der Waals surface area contributed by atoms with Gasteiger partial charge >= 0.3 is 5.97 Å². The molecule has 0 saturated heterocycles. The summed E-state index contributed by atoms with van der Waals surface area (Å²) in [7, 11) is 0. The number of benzene rings is 1. The molecule has 3 rings (SSSR count). The van der Waals surface area contributed by atoms with E-state index < -0.39 is 5.97 Å². The molecule has 0 saturated carbocycles. The summed E-state index contributed by atoms with van der Waals surface area (Å²) in [5.41, 5.74) is 0.818. The number of thiazole rings is 1. The van der Waals surface area contributed by atoms with Crippen molar-refractivity contribution in [3.05, 3.63) is 45.2 Å². The van der Waals surface area contributed by atoms with Crippen LogP contribution in [0.3, 0.4) is 0 Å². The Balaban J connectivity index is 1.64. The Kier molecular flexibility index (Phi) is 5.87. The second-order valence-electron chi connectivity index (χ2n) is 5.38. The van der Waals surface area contributed by atoms with Crippen molar-refractivity contribution < 1.29 is 14.3 Å². The van der Waals surface area contributed by atoms with E-state index in [0.29, 0.717) is 31.8 Å². The molecule has 1 aromatic carbocycles. The highest BCUT2D eigenvalue weighted by Gasteiger charge is 2.17. The molecule has 0 spiro atoms. The van der Waals surface area contributed by atoms with Crippen LogP contribution in [0, 0.1) is 6.92 Å². The van der Waals surface area contributed by atoms with Crippen LogP contribution in [0.4, 0.5) is 5.13 Å². The van der Waals surface area contributed by atoms with E-state index in [1.807, 2.05) is 0 Å². The van der Waals surface area contributed by atoms with Gasteiger partial charge in [0.05, 0.1) is 29.0 Å². The smallest absolute Gasteiger partial charge is 0.350 e. The fourth-order valence-electron chi connectivity index (χ4n) is 2.26. The molecule has 0 aliphatic heterocycles. The number of H-pyrrole nitrogens is 1. The van der Waals surface area contributed by atoms with Gasteiger partial charge in [0.2, 0.25) is 5.91 Å². The molecule has 2 aromatic heterocycles. The number of carbonyl (C=O) groups is 2. The lowest BCUT2D eigenvalue weighted by Crippen LogP contribution is -2.15. The Hall–Kier alpha value is -2.72. The Labute approximate surface area is 162 Å². The number of hydrogen-bond acceptors (Lipinski definition) is 8. The number of rotatable bonds is 6. The van der Waals surface area contributed by atoms with Gasteiger partial charge in [-0.15, -0.1) is 0 Å². The van der Waals surface area contributed by atoms with E-state index in [9.17, 15) is 14.4 Å². The van der Waals surface area contributed by atoms with Gasteiger partial charge in [0.1, 0.15) is 4.88 Å². The summed E-state index contributed by atoms with van der Waals surface area (Å²) >= 11 is 2.17. The van der Waals surface area contributed by atoms with Crippen LogP contribution in [0.25, 0.3) is 10.9 Å². The number of aromatic amines is 1. The van der Waals surface area contributed by atoms with Gasteiger partial charge in [0, 0.05) is 0 Å². The minimum atomic E-state index is -0.458. The number of hydrogen-bond donors (Lipinski definition) is 2. The van der Waals surface area contributed by atoms with E-state index in [1.165, 1.54) is 0 Å². The number of aromatic nitrogens is 3. The average molecular weight is 404 g/mol. The van der Waals surface area contributed by atoms with Crippen molar-refractivity contribution in [1.82, 2.24) is 15.0 Å². The molecule has 0 fully saturated rings. The highest BCUT2D eigenvalue weighted by molar-refractivity contribution is 7.99. The molecule has 27 heavy (non-hydrogen) atoms. The minimum absolute atomic E-state index is 0.0364. The van der Waals surface area contributed by atoms with Gasteiger partial charge < -0.3 is 15.0 Å². The van der Waals surface area contributed by atoms with Gasteiger partial charge in [-0.2, -0.15) is 0 Å². The van der Waals surface area contributed by atoms with Crippen LogP contribution in [0.15, 0.2) is 34.2 Å². The number of fused-ring (bicyclic) bond motifs is 1. The molecule has 8 nitrogen and oxygen atoms in total. The Bertz CT molecular complexity index is 1060. The van der Waals surface area contributed by atoms with Gasteiger partial charge in [-0.05, 0) is 26.0 Å². The molecule has 0 aliphatic carbocycles. The van der Waals surface area contributed by atoms with E-state index >= 15 is 0 Å². The van der Waals surface area contributed by atoms with Crippen LogP contribution < -0.4 is 10.9 Å². The zero-order chi connectivity index (χ0) is 19.4. The summed E-state index contributed by atoms with van der Waals surface area (Å²) < 4.78 is 4.95. The Morgan fingerprint density at radius 3 is 2.85 bits per heavy atom. The van der Waals surface area contributed by atoms with Crippen molar-refractivity contribution in [2.24, 2.45) is 0 Å². The predicted molar refractivity (Wildman–Crippen MR) is 105 cm³/mol. The summed E-state index contributed by atoms with van der Waals surface area (Å²) in [5.74, 6) is -0.741. The maximum absolute atomic E-state index is 12.1. The summed E-state index contributed by atoms with van der Waals surface area (Å²) in [6.07, 6.45) is 0. The average Bonchev–Trinajstić information content (AvgIpc) is 3.00.